The molecule has 1 saturated heterocycles. The predicted octanol–water partition coefficient (Wildman–Crippen LogP) is 3.62. The first-order valence-electron chi connectivity index (χ1n) is 8.54. The number of nitrogens with zero attached hydrogens (tertiary/aromatic N) is 1. The first-order valence-corrected chi connectivity index (χ1v) is 8.54. The average Bonchev–Trinajstić information content (AvgIpc) is 2.58. The highest BCUT2D eigenvalue weighted by atomic mass is 19.1. The van der Waals surface area contributed by atoms with E-state index in [-0.39, 0.29) is 5.82 Å². The summed E-state index contributed by atoms with van der Waals surface area (Å²) in [5, 5.41) is 3.67. The van der Waals surface area contributed by atoms with Crippen LogP contribution in [0.3, 0.4) is 0 Å². The largest absolute Gasteiger partial charge is 0.312 e. The smallest absolute Gasteiger partial charge is 0.127 e. The van der Waals surface area contributed by atoms with Crippen LogP contribution in [0.2, 0.25) is 0 Å². The molecule has 1 heterocycles. The van der Waals surface area contributed by atoms with Gasteiger partial charge in [-0.15, -0.1) is 0 Å². The van der Waals surface area contributed by atoms with Gasteiger partial charge in [0.1, 0.15) is 5.82 Å². The Balaban J connectivity index is 1.46. The van der Waals surface area contributed by atoms with Crippen molar-refractivity contribution in [3.05, 3.63) is 71.5 Å². The van der Waals surface area contributed by atoms with E-state index >= 15 is 0 Å². The first-order chi connectivity index (χ1) is 11.3. The van der Waals surface area contributed by atoms with Gasteiger partial charge in [-0.05, 0) is 44.0 Å². The Morgan fingerprint density at radius 3 is 2.65 bits per heavy atom. The number of rotatable bonds is 6. The summed E-state index contributed by atoms with van der Waals surface area (Å²) in [5.41, 5.74) is 2.18. The highest BCUT2D eigenvalue weighted by Gasteiger charge is 2.20. The maximum atomic E-state index is 13.8. The minimum Gasteiger partial charge on any atom is -0.312 e. The van der Waals surface area contributed by atoms with Crippen LogP contribution in [0.5, 0.6) is 0 Å². The summed E-state index contributed by atoms with van der Waals surface area (Å²) < 4.78 is 13.8. The van der Waals surface area contributed by atoms with Gasteiger partial charge < -0.3 is 5.32 Å². The van der Waals surface area contributed by atoms with Gasteiger partial charge in [-0.1, -0.05) is 48.5 Å². The summed E-state index contributed by atoms with van der Waals surface area (Å²) in [7, 11) is 0. The second kappa shape index (κ2) is 8.23. The van der Waals surface area contributed by atoms with Crippen molar-refractivity contribution < 1.29 is 4.39 Å². The summed E-state index contributed by atoms with van der Waals surface area (Å²) in [4.78, 5) is 2.36. The average molecular weight is 312 g/mol. The van der Waals surface area contributed by atoms with Crippen molar-refractivity contribution in [2.75, 3.05) is 19.6 Å². The van der Waals surface area contributed by atoms with Gasteiger partial charge in [-0.2, -0.15) is 0 Å². The zero-order valence-electron chi connectivity index (χ0n) is 13.5. The fourth-order valence-electron chi connectivity index (χ4n) is 3.30. The number of piperidine rings is 1. The Labute approximate surface area is 138 Å². The number of nitrogens with one attached hydrogen (secondary N) is 1. The number of halogens is 1. The van der Waals surface area contributed by atoms with Gasteiger partial charge in [-0.3, -0.25) is 4.90 Å². The quantitative estimate of drug-likeness (QED) is 0.876. The number of benzene rings is 2. The molecule has 1 fully saturated rings. The zero-order chi connectivity index (χ0) is 15.9. The van der Waals surface area contributed by atoms with E-state index in [2.05, 4.69) is 40.5 Å². The lowest BCUT2D eigenvalue weighted by molar-refractivity contribution is 0.182. The van der Waals surface area contributed by atoms with Crippen molar-refractivity contribution in [1.29, 1.82) is 0 Å². The molecule has 2 aromatic rings. The van der Waals surface area contributed by atoms with E-state index in [0.717, 1.165) is 31.6 Å². The van der Waals surface area contributed by atoms with Crippen LogP contribution in [-0.4, -0.2) is 30.6 Å². The van der Waals surface area contributed by atoms with Gasteiger partial charge in [0.15, 0.2) is 0 Å². The molecule has 0 amide bonds. The molecule has 3 heteroatoms. The summed E-state index contributed by atoms with van der Waals surface area (Å²) in [5.74, 6) is -0.0911. The van der Waals surface area contributed by atoms with Crippen LogP contribution < -0.4 is 5.32 Å². The molecule has 0 radical (unpaired) electrons. The standard InChI is InChI=1S/C20H25FN2/c21-20-11-5-4-9-18(20)15-23-14-6-10-19(16-23)22-13-12-17-7-2-1-3-8-17/h1-5,7-9,11,19,22H,6,10,12-16H2/t19-/m0/s1. The third-order valence-electron chi connectivity index (χ3n) is 4.55. The lowest BCUT2D eigenvalue weighted by atomic mass is 10.0. The van der Waals surface area contributed by atoms with Gasteiger partial charge in [0.25, 0.3) is 0 Å². The van der Waals surface area contributed by atoms with E-state index in [4.69, 9.17) is 0 Å². The second-order valence-corrected chi connectivity index (χ2v) is 6.36. The molecule has 0 spiro atoms. The third kappa shape index (κ3) is 4.88. The molecule has 1 aliphatic rings. The minimum absolute atomic E-state index is 0.0911. The number of hydrogen-bond donors (Lipinski definition) is 1. The van der Waals surface area contributed by atoms with Crippen LogP contribution in [0.15, 0.2) is 54.6 Å². The van der Waals surface area contributed by atoms with E-state index < -0.39 is 0 Å². The van der Waals surface area contributed by atoms with Gasteiger partial charge in [0.05, 0.1) is 0 Å². The Morgan fingerprint density at radius 2 is 1.83 bits per heavy atom. The molecule has 2 aromatic carbocycles. The molecule has 3 rings (SSSR count). The molecular weight excluding hydrogens is 287 g/mol. The van der Waals surface area contributed by atoms with E-state index in [9.17, 15) is 4.39 Å². The van der Waals surface area contributed by atoms with E-state index in [1.807, 2.05) is 12.1 Å². The molecule has 0 aliphatic carbocycles. The predicted molar refractivity (Wildman–Crippen MR) is 92.8 cm³/mol. The lowest BCUT2D eigenvalue weighted by Gasteiger charge is -2.33. The van der Waals surface area contributed by atoms with Crippen molar-refractivity contribution >= 4 is 0 Å². The van der Waals surface area contributed by atoms with Crippen LogP contribution in [0.25, 0.3) is 0 Å². The highest BCUT2D eigenvalue weighted by molar-refractivity contribution is 5.17. The normalized spacial score (nSPS) is 18.9. The summed E-state index contributed by atoms with van der Waals surface area (Å²) >= 11 is 0. The van der Waals surface area contributed by atoms with E-state index in [1.165, 1.54) is 18.4 Å². The molecule has 0 aromatic heterocycles. The topological polar surface area (TPSA) is 15.3 Å². The minimum atomic E-state index is -0.0911. The third-order valence-corrected chi connectivity index (χ3v) is 4.55. The fourth-order valence-corrected chi connectivity index (χ4v) is 3.30. The van der Waals surface area contributed by atoms with E-state index in [0.29, 0.717) is 12.6 Å². The van der Waals surface area contributed by atoms with Crippen molar-refractivity contribution in [1.82, 2.24) is 10.2 Å². The Morgan fingerprint density at radius 1 is 1.04 bits per heavy atom. The van der Waals surface area contributed by atoms with Crippen molar-refractivity contribution in [3.63, 3.8) is 0 Å². The van der Waals surface area contributed by atoms with E-state index in [1.54, 1.807) is 12.1 Å². The molecular formula is C20H25FN2. The molecule has 1 aliphatic heterocycles. The molecule has 1 atom stereocenters. The fraction of sp³-hybridized carbons (Fsp3) is 0.400. The van der Waals surface area contributed by atoms with Gasteiger partial charge in [0, 0.05) is 24.7 Å². The van der Waals surface area contributed by atoms with Crippen molar-refractivity contribution in [3.8, 4) is 0 Å². The SMILES string of the molecule is Fc1ccccc1CN1CCC[C@H](NCCc2ccccc2)C1. The maximum Gasteiger partial charge on any atom is 0.127 e. The van der Waals surface area contributed by atoms with Gasteiger partial charge in [0.2, 0.25) is 0 Å². The zero-order valence-corrected chi connectivity index (χ0v) is 13.5. The van der Waals surface area contributed by atoms with Crippen LogP contribution >= 0.6 is 0 Å². The summed E-state index contributed by atoms with van der Waals surface area (Å²) in [6, 6.07) is 18.2. The highest BCUT2D eigenvalue weighted by Crippen LogP contribution is 2.15. The molecule has 0 saturated carbocycles. The molecule has 122 valence electrons. The lowest BCUT2D eigenvalue weighted by Crippen LogP contribution is -2.45. The van der Waals surface area contributed by atoms with Gasteiger partial charge >= 0.3 is 0 Å². The summed E-state index contributed by atoms with van der Waals surface area (Å²) in [6.07, 6.45) is 3.45. The Kier molecular flexibility index (Phi) is 5.78. The van der Waals surface area contributed by atoms with Crippen LogP contribution in [-0.2, 0) is 13.0 Å². The van der Waals surface area contributed by atoms with Crippen LogP contribution in [0.1, 0.15) is 24.0 Å². The Bertz CT molecular complexity index is 600. The monoisotopic (exact) mass is 312 g/mol. The molecule has 2 nitrogen and oxygen atoms in total. The van der Waals surface area contributed by atoms with Crippen LogP contribution in [0.4, 0.5) is 4.39 Å². The molecule has 1 N–H and O–H groups in total. The van der Waals surface area contributed by atoms with Crippen molar-refractivity contribution in [2.24, 2.45) is 0 Å². The Hall–Kier alpha value is -1.71. The molecule has 0 bridgehead atoms. The van der Waals surface area contributed by atoms with Crippen LogP contribution in [0, 0.1) is 5.82 Å². The van der Waals surface area contributed by atoms with Gasteiger partial charge in [-0.25, -0.2) is 4.39 Å². The summed E-state index contributed by atoms with van der Waals surface area (Å²) in [6.45, 7) is 3.78. The second-order valence-electron chi connectivity index (χ2n) is 6.36. The maximum absolute atomic E-state index is 13.8. The number of hydrogen-bond acceptors (Lipinski definition) is 2. The number of likely N-dealkylation sites (tertiary alicyclic amines) is 1. The molecule has 0 unspecified atom stereocenters. The van der Waals surface area contributed by atoms with Crippen molar-refractivity contribution in [2.45, 2.75) is 31.8 Å². The first kappa shape index (κ1) is 16.2. The molecule has 23 heavy (non-hydrogen) atoms.